The van der Waals surface area contributed by atoms with Gasteiger partial charge in [-0.1, -0.05) is 12.1 Å². The Morgan fingerprint density at radius 3 is 2.71 bits per heavy atom. The molecule has 2 fully saturated rings. The van der Waals surface area contributed by atoms with Gasteiger partial charge in [-0.2, -0.15) is 0 Å². The summed E-state index contributed by atoms with van der Waals surface area (Å²) in [5.74, 6) is -0.123. The molecular formula is C27H31F2N3O3. The molecule has 2 saturated heterocycles. The molecule has 2 unspecified atom stereocenters. The molecule has 2 aromatic carbocycles. The molecule has 2 aliphatic rings. The van der Waals surface area contributed by atoms with Crippen LogP contribution in [0.15, 0.2) is 42.6 Å². The SMILES string of the molecule is COc1cc(C)c2[nH]ccc2c1CN1CCC2CC1(c1ccc(C(=O)O)cc1)CCN2CC(F)F. The van der Waals surface area contributed by atoms with E-state index in [-0.39, 0.29) is 23.7 Å². The molecule has 3 heterocycles. The maximum Gasteiger partial charge on any atom is 0.335 e. The molecule has 5 rings (SSSR count). The fourth-order valence-electron chi connectivity index (χ4n) is 6.21. The number of aryl methyl sites for hydroxylation is 1. The van der Waals surface area contributed by atoms with Crippen molar-refractivity contribution in [1.82, 2.24) is 14.8 Å². The van der Waals surface area contributed by atoms with E-state index in [1.807, 2.05) is 23.2 Å². The second-order valence-corrected chi connectivity index (χ2v) is 9.76. The third-order valence-electron chi connectivity index (χ3n) is 7.96. The number of hydrogen-bond acceptors (Lipinski definition) is 4. The average Bonchev–Trinajstić information content (AvgIpc) is 3.34. The summed E-state index contributed by atoms with van der Waals surface area (Å²) in [6, 6.07) is 11.3. The molecule has 2 N–H and O–H groups in total. The van der Waals surface area contributed by atoms with Gasteiger partial charge in [0.25, 0.3) is 6.43 Å². The summed E-state index contributed by atoms with van der Waals surface area (Å²) in [5, 5.41) is 10.5. The molecule has 0 radical (unpaired) electrons. The van der Waals surface area contributed by atoms with E-state index in [0.29, 0.717) is 19.5 Å². The first-order chi connectivity index (χ1) is 16.8. The molecule has 2 aliphatic heterocycles. The van der Waals surface area contributed by atoms with Crippen LogP contribution in [0.3, 0.4) is 0 Å². The minimum atomic E-state index is -2.35. The number of carboxylic acid groups (broad SMARTS) is 1. The van der Waals surface area contributed by atoms with Gasteiger partial charge in [-0.3, -0.25) is 9.80 Å². The Kier molecular flexibility index (Phi) is 6.27. The zero-order chi connectivity index (χ0) is 24.7. The van der Waals surface area contributed by atoms with E-state index in [1.54, 1.807) is 19.2 Å². The maximum absolute atomic E-state index is 13.3. The number of halogens is 2. The zero-order valence-corrected chi connectivity index (χ0v) is 20.1. The number of likely N-dealkylation sites (tertiary alicyclic amines) is 2. The number of carbonyl (C=O) groups is 1. The van der Waals surface area contributed by atoms with Crippen molar-refractivity contribution in [2.45, 2.75) is 50.7 Å². The fourth-order valence-corrected chi connectivity index (χ4v) is 6.21. The first-order valence-electron chi connectivity index (χ1n) is 12.1. The minimum absolute atomic E-state index is 0.0698. The van der Waals surface area contributed by atoms with Gasteiger partial charge in [-0.15, -0.1) is 0 Å². The number of nitrogens with one attached hydrogen (secondary N) is 1. The van der Waals surface area contributed by atoms with Gasteiger partial charge in [0.05, 0.1) is 19.2 Å². The summed E-state index contributed by atoms with van der Waals surface area (Å²) in [6.07, 6.45) is 1.83. The van der Waals surface area contributed by atoms with Crippen molar-refractivity contribution in [3.05, 3.63) is 64.8 Å². The number of piperidine rings is 2. The van der Waals surface area contributed by atoms with Crippen LogP contribution < -0.4 is 4.74 Å². The number of fused-ring (bicyclic) bond motifs is 3. The lowest BCUT2D eigenvalue weighted by Crippen LogP contribution is -2.61. The van der Waals surface area contributed by atoms with E-state index in [0.717, 1.165) is 52.7 Å². The lowest BCUT2D eigenvalue weighted by Gasteiger charge is -2.56. The van der Waals surface area contributed by atoms with Crippen LogP contribution in [0.1, 0.15) is 46.3 Å². The number of alkyl halides is 2. The van der Waals surface area contributed by atoms with Crippen LogP contribution in [0, 0.1) is 6.92 Å². The molecule has 0 saturated carbocycles. The van der Waals surface area contributed by atoms with E-state index in [9.17, 15) is 18.7 Å². The Labute approximate surface area is 203 Å². The number of H-pyrrole nitrogens is 1. The second-order valence-electron chi connectivity index (χ2n) is 9.76. The van der Waals surface area contributed by atoms with Gasteiger partial charge in [0, 0.05) is 53.9 Å². The number of aromatic carboxylic acids is 1. The molecule has 35 heavy (non-hydrogen) atoms. The van der Waals surface area contributed by atoms with Crippen molar-refractivity contribution in [3.8, 4) is 5.75 Å². The van der Waals surface area contributed by atoms with Crippen molar-refractivity contribution in [2.75, 3.05) is 26.7 Å². The summed E-state index contributed by atoms with van der Waals surface area (Å²) in [6.45, 7) is 3.85. The highest BCUT2D eigenvalue weighted by atomic mass is 19.3. The van der Waals surface area contributed by atoms with E-state index < -0.39 is 12.4 Å². The first-order valence-corrected chi connectivity index (χ1v) is 12.1. The number of aromatic amines is 1. The Morgan fingerprint density at radius 2 is 2.03 bits per heavy atom. The van der Waals surface area contributed by atoms with Crippen LogP contribution >= 0.6 is 0 Å². The molecule has 1 aromatic heterocycles. The van der Waals surface area contributed by atoms with E-state index in [1.165, 1.54) is 0 Å². The van der Waals surface area contributed by atoms with Crippen LogP contribution in [0.4, 0.5) is 8.78 Å². The number of rotatable bonds is 7. The van der Waals surface area contributed by atoms with Gasteiger partial charge < -0.3 is 14.8 Å². The second kappa shape index (κ2) is 9.24. The molecular weight excluding hydrogens is 452 g/mol. The van der Waals surface area contributed by atoms with Gasteiger partial charge in [0.1, 0.15) is 5.75 Å². The summed E-state index contributed by atoms with van der Waals surface area (Å²) in [7, 11) is 1.69. The van der Waals surface area contributed by atoms with Crippen LogP contribution in [0.25, 0.3) is 10.9 Å². The van der Waals surface area contributed by atoms with Gasteiger partial charge >= 0.3 is 5.97 Å². The number of methoxy groups -OCH3 is 1. The molecule has 8 heteroatoms. The lowest BCUT2D eigenvalue weighted by molar-refractivity contribution is -0.0731. The summed E-state index contributed by atoms with van der Waals surface area (Å²) in [4.78, 5) is 19.2. The van der Waals surface area contributed by atoms with Crippen molar-refractivity contribution in [2.24, 2.45) is 0 Å². The summed E-state index contributed by atoms with van der Waals surface area (Å²) < 4.78 is 32.3. The molecule has 2 atom stereocenters. The molecule has 3 aromatic rings. The Bertz CT molecular complexity index is 1230. The largest absolute Gasteiger partial charge is 0.496 e. The van der Waals surface area contributed by atoms with Crippen LogP contribution in [-0.2, 0) is 12.1 Å². The molecule has 186 valence electrons. The quantitative estimate of drug-likeness (QED) is 0.494. The molecule has 0 spiro atoms. The monoisotopic (exact) mass is 483 g/mol. The van der Waals surface area contributed by atoms with E-state index in [4.69, 9.17) is 4.74 Å². The van der Waals surface area contributed by atoms with Gasteiger partial charge in [-0.25, -0.2) is 13.6 Å². The summed E-state index contributed by atoms with van der Waals surface area (Å²) >= 11 is 0. The maximum atomic E-state index is 13.3. The molecule has 0 amide bonds. The van der Waals surface area contributed by atoms with Gasteiger partial charge in [0.2, 0.25) is 0 Å². The number of benzene rings is 2. The number of aromatic nitrogens is 1. The normalized spacial score (nSPS) is 23.2. The van der Waals surface area contributed by atoms with Crippen molar-refractivity contribution in [3.63, 3.8) is 0 Å². The van der Waals surface area contributed by atoms with Crippen molar-refractivity contribution in [1.29, 1.82) is 0 Å². The Balaban J connectivity index is 1.55. The Morgan fingerprint density at radius 1 is 1.26 bits per heavy atom. The highest BCUT2D eigenvalue weighted by Crippen LogP contribution is 2.47. The fraction of sp³-hybridized carbons (Fsp3) is 0.444. The highest BCUT2D eigenvalue weighted by molar-refractivity contribution is 5.88. The third kappa shape index (κ3) is 4.19. The molecule has 0 aliphatic carbocycles. The van der Waals surface area contributed by atoms with Gasteiger partial charge in [0.15, 0.2) is 0 Å². The lowest BCUT2D eigenvalue weighted by atomic mass is 9.72. The number of hydrogen-bond donors (Lipinski definition) is 2. The topological polar surface area (TPSA) is 68.8 Å². The van der Waals surface area contributed by atoms with Gasteiger partial charge in [-0.05, 0) is 61.6 Å². The predicted octanol–water partition coefficient (Wildman–Crippen LogP) is 5.01. The smallest absolute Gasteiger partial charge is 0.335 e. The van der Waals surface area contributed by atoms with Crippen LogP contribution in [0.5, 0.6) is 5.75 Å². The average molecular weight is 484 g/mol. The van der Waals surface area contributed by atoms with E-state index >= 15 is 0 Å². The zero-order valence-electron chi connectivity index (χ0n) is 20.1. The van der Waals surface area contributed by atoms with E-state index in [2.05, 4.69) is 28.9 Å². The number of nitrogens with zero attached hydrogens (tertiary/aromatic N) is 2. The van der Waals surface area contributed by atoms with Crippen LogP contribution in [0.2, 0.25) is 0 Å². The Hall–Kier alpha value is -2.97. The van der Waals surface area contributed by atoms with Crippen LogP contribution in [-0.4, -0.2) is 65.1 Å². The number of carboxylic acids is 1. The summed E-state index contributed by atoms with van der Waals surface area (Å²) in [5.41, 5.74) is 4.22. The molecule has 6 nitrogen and oxygen atoms in total. The number of ether oxygens (including phenoxy) is 1. The molecule has 2 bridgehead atoms. The minimum Gasteiger partial charge on any atom is -0.496 e. The standard InChI is InChI=1S/C27H31F2N3O3/c1-17-13-23(35-2)22(21-7-10-30-25(17)21)15-32-11-8-20-14-27(32,9-12-31(20)16-24(28)29)19-5-3-18(4-6-19)26(33)34/h3-7,10,13,20,24,30H,8-9,11-12,14-16H2,1-2H3,(H,33,34). The third-order valence-corrected chi connectivity index (χ3v) is 7.96. The first kappa shape index (κ1) is 23.8. The van der Waals surface area contributed by atoms with Crippen molar-refractivity contribution >= 4 is 16.9 Å². The van der Waals surface area contributed by atoms with Crippen molar-refractivity contribution < 1.29 is 23.4 Å². The predicted molar refractivity (Wildman–Crippen MR) is 130 cm³/mol. The highest BCUT2D eigenvalue weighted by Gasteiger charge is 2.48.